The number of nitrogens with one attached hydrogen (secondary N) is 1. The minimum absolute atomic E-state index is 0.00616. The maximum absolute atomic E-state index is 13.7. The highest BCUT2D eigenvalue weighted by Crippen LogP contribution is 2.12. The zero-order valence-electron chi connectivity index (χ0n) is 14.0. The molecule has 0 saturated carbocycles. The molecule has 1 N–H and O–H groups in total. The van der Waals surface area contributed by atoms with Gasteiger partial charge in [-0.3, -0.25) is 4.79 Å². The Morgan fingerprint density at radius 2 is 1.72 bits per heavy atom. The highest BCUT2D eigenvalue weighted by Gasteiger charge is 2.19. The number of benzene rings is 2. The Morgan fingerprint density at radius 3 is 2.36 bits per heavy atom. The molecule has 0 spiro atoms. The second-order valence-corrected chi connectivity index (χ2v) is 7.68. The van der Waals surface area contributed by atoms with Crippen molar-refractivity contribution in [1.82, 2.24) is 9.62 Å². The number of hydrogen-bond acceptors (Lipinski definition) is 3. The summed E-state index contributed by atoms with van der Waals surface area (Å²) in [5.74, 6) is -0.726. The van der Waals surface area contributed by atoms with E-state index < -0.39 is 15.8 Å². The number of carbonyl (C=O) groups excluding carboxylic acids is 1. The van der Waals surface area contributed by atoms with E-state index in [4.69, 9.17) is 0 Å². The Balaban J connectivity index is 1.92. The standard InChI is InChI=1S/C18H21FN2O3S/c1-25(23,24)21(14-16-9-5-6-10-17(16)19)12-11-18(22)20-13-15-7-3-2-4-8-15/h2-10H,11-14H2,1H3,(H,20,22). The van der Waals surface area contributed by atoms with Crippen molar-refractivity contribution in [2.75, 3.05) is 12.8 Å². The molecule has 134 valence electrons. The molecule has 5 nitrogen and oxygen atoms in total. The van der Waals surface area contributed by atoms with Crippen molar-refractivity contribution in [3.05, 3.63) is 71.5 Å². The van der Waals surface area contributed by atoms with Gasteiger partial charge in [-0.2, -0.15) is 4.31 Å². The molecule has 2 rings (SSSR count). The maximum Gasteiger partial charge on any atom is 0.221 e. The molecule has 0 aliphatic carbocycles. The van der Waals surface area contributed by atoms with Gasteiger partial charge in [-0.15, -0.1) is 0 Å². The van der Waals surface area contributed by atoms with Gasteiger partial charge in [-0.25, -0.2) is 12.8 Å². The van der Waals surface area contributed by atoms with Gasteiger partial charge in [0.05, 0.1) is 6.26 Å². The topological polar surface area (TPSA) is 66.5 Å². The summed E-state index contributed by atoms with van der Waals surface area (Å²) in [7, 11) is -3.56. The van der Waals surface area contributed by atoms with Crippen LogP contribution in [0.4, 0.5) is 4.39 Å². The second kappa shape index (κ2) is 8.73. The molecule has 0 saturated heterocycles. The lowest BCUT2D eigenvalue weighted by atomic mass is 10.2. The van der Waals surface area contributed by atoms with Crippen molar-refractivity contribution in [1.29, 1.82) is 0 Å². The van der Waals surface area contributed by atoms with Crippen molar-refractivity contribution in [2.24, 2.45) is 0 Å². The summed E-state index contributed by atoms with van der Waals surface area (Å²) in [6, 6.07) is 15.4. The van der Waals surface area contributed by atoms with E-state index in [1.54, 1.807) is 12.1 Å². The van der Waals surface area contributed by atoms with E-state index in [0.29, 0.717) is 6.54 Å². The van der Waals surface area contributed by atoms with E-state index in [2.05, 4.69) is 5.32 Å². The van der Waals surface area contributed by atoms with Crippen LogP contribution >= 0.6 is 0 Å². The van der Waals surface area contributed by atoms with Gasteiger partial charge in [0.15, 0.2) is 0 Å². The van der Waals surface area contributed by atoms with Crippen LogP contribution in [0, 0.1) is 5.82 Å². The summed E-state index contributed by atoms with van der Waals surface area (Å²) in [6.07, 6.45) is 1.06. The largest absolute Gasteiger partial charge is 0.352 e. The van der Waals surface area contributed by atoms with Crippen LogP contribution in [0.5, 0.6) is 0 Å². The molecule has 0 heterocycles. The lowest BCUT2D eigenvalue weighted by molar-refractivity contribution is -0.121. The molecule has 25 heavy (non-hydrogen) atoms. The predicted molar refractivity (Wildman–Crippen MR) is 94.6 cm³/mol. The summed E-state index contributed by atoms with van der Waals surface area (Å²) >= 11 is 0. The summed E-state index contributed by atoms with van der Waals surface area (Å²) in [5, 5.41) is 2.75. The van der Waals surface area contributed by atoms with E-state index in [1.807, 2.05) is 30.3 Å². The van der Waals surface area contributed by atoms with Crippen molar-refractivity contribution < 1.29 is 17.6 Å². The van der Waals surface area contributed by atoms with Gasteiger partial charge >= 0.3 is 0 Å². The van der Waals surface area contributed by atoms with E-state index in [1.165, 1.54) is 12.1 Å². The SMILES string of the molecule is CS(=O)(=O)N(CCC(=O)NCc1ccccc1)Cc1ccccc1F. The average molecular weight is 364 g/mol. The molecule has 0 atom stereocenters. The molecule has 1 amide bonds. The normalized spacial score (nSPS) is 11.5. The van der Waals surface area contributed by atoms with Crippen LogP contribution < -0.4 is 5.32 Å². The molecule has 0 unspecified atom stereocenters. The van der Waals surface area contributed by atoms with Crippen LogP contribution in [-0.2, 0) is 27.9 Å². The van der Waals surface area contributed by atoms with Gasteiger partial charge in [-0.05, 0) is 11.6 Å². The number of halogens is 1. The Hall–Kier alpha value is -2.25. The Kier molecular flexibility index (Phi) is 6.66. The molecular formula is C18H21FN2O3S. The predicted octanol–water partition coefficient (Wildman–Crippen LogP) is 2.29. The van der Waals surface area contributed by atoms with E-state index in [9.17, 15) is 17.6 Å². The van der Waals surface area contributed by atoms with Crippen LogP contribution in [0.2, 0.25) is 0 Å². The molecule has 7 heteroatoms. The molecule has 0 aromatic heterocycles. The number of hydrogen-bond donors (Lipinski definition) is 1. The fraction of sp³-hybridized carbons (Fsp3) is 0.278. The first-order valence-corrected chi connectivity index (χ1v) is 9.70. The number of rotatable bonds is 8. The summed E-state index contributed by atoms with van der Waals surface area (Å²) in [5.41, 5.74) is 1.24. The third kappa shape index (κ3) is 6.28. The third-order valence-electron chi connectivity index (χ3n) is 3.69. The minimum atomic E-state index is -3.56. The zero-order chi connectivity index (χ0) is 18.3. The smallest absolute Gasteiger partial charge is 0.221 e. The number of sulfonamides is 1. The van der Waals surface area contributed by atoms with Crippen LogP contribution in [0.25, 0.3) is 0 Å². The quantitative estimate of drug-likeness (QED) is 0.782. The average Bonchev–Trinajstić information content (AvgIpc) is 2.58. The highest BCUT2D eigenvalue weighted by molar-refractivity contribution is 7.88. The Bertz CT molecular complexity index is 810. The maximum atomic E-state index is 13.7. The van der Waals surface area contributed by atoms with Gasteiger partial charge in [0.25, 0.3) is 0 Å². The third-order valence-corrected chi connectivity index (χ3v) is 4.94. The minimum Gasteiger partial charge on any atom is -0.352 e. The lowest BCUT2D eigenvalue weighted by Gasteiger charge is -2.20. The van der Waals surface area contributed by atoms with Crippen LogP contribution in [0.15, 0.2) is 54.6 Å². The molecule has 0 fully saturated rings. The first kappa shape index (κ1) is 19.1. The molecule has 2 aromatic rings. The zero-order valence-corrected chi connectivity index (χ0v) is 14.8. The fourth-order valence-corrected chi connectivity index (χ4v) is 3.09. The van der Waals surface area contributed by atoms with Crippen molar-refractivity contribution in [3.8, 4) is 0 Å². The van der Waals surface area contributed by atoms with Gasteiger partial charge in [-0.1, -0.05) is 48.5 Å². The van der Waals surface area contributed by atoms with E-state index >= 15 is 0 Å². The van der Waals surface area contributed by atoms with Gasteiger partial charge < -0.3 is 5.32 Å². The summed E-state index contributed by atoms with van der Waals surface area (Å²) in [4.78, 5) is 12.0. The van der Waals surface area contributed by atoms with Crippen molar-refractivity contribution in [2.45, 2.75) is 19.5 Å². The highest BCUT2D eigenvalue weighted by atomic mass is 32.2. The van der Waals surface area contributed by atoms with Crippen molar-refractivity contribution in [3.63, 3.8) is 0 Å². The van der Waals surface area contributed by atoms with Crippen molar-refractivity contribution >= 4 is 15.9 Å². The van der Waals surface area contributed by atoms with Gasteiger partial charge in [0.1, 0.15) is 5.82 Å². The number of nitrogens with zero attached hydrogens (tertiary/aromatic N) is 1. The monoisotopic (exact) mass is 364 g/mol. The van der Waals surface area contributed by atoms with Crippen LogP contribution in [0.3, 0.4) is 0 Å². The molecular weight excluding hydrogens is 343 g/mol. The van der Waals surface area contributed by atoms with Gasteiger partial charge in [0, 0.05) is 31.6 Å². The molecule has 2 aromatic carbocycles. The molecule has 0 radical (unpaired) electrons. The Labute approximate surface area is 147 Å². The summed E-state index contributed by atoms with van der Waals surface area (Å²) < 4.78 is 38.7. The second-order valence-electron chi connectivity index (χ2n) is 5.70. The number of carbonyl (C=O) groups is 1. The first-order chi connectivity index (χ1) is 11.9. The molecule has 0 aliphatic heterocycles. The van der Waals surface area contributed by atoms with E-state index in [0.717, 1.165) is 16.1 Å². The Morgan fingerprint density at radius 1 is 1.08 bits per heavy atom. The summed E-state index contributed by atoms with van der Waals surface area (Å²) in [6.45, 7) is 0.275. The molecule has 0 aliphatic rings. The lowest BCUT2D eigenvalue weighted by Crippen LogP contribution is -2.34. The fourth-order valence-electron chi connectivity index (χ4n) is 2.29. The first-order valence-electron chi connectivity index (χ1n) is 7.85. The number of amides is 1. The van der Waals surface area contributed by atoms with E-state index in [-0.39, 0.29) is 31.0 Å². The molecule has 0 bridgehead atoms. The van der Waals surface area contributed by atoms with Crippen LogP contribution in [0.1, 0.15) is 17.5 Å². The van der Waals surface area contributed by atoms with Gasteiger partial charge in [0.2, 0.25) is 15.9 Å². The van der Waals surface area contributed by atoms with Crippen LogP contribution in [-0.4, -0.2) is 31.4 Å².